The van der Waals surface area contributed by atoms with Crippen molar-refractivity contribution in [3.05, 3.63) is 125 Å². The number of aliphatic imine (C=N–C) groups is 1. The fourth-order valence-corrected chi connectivity index (χ4v) is 5.07. The number of benzene rings is 4. The molecule has 9 heteroatoms. The Morgan fingerprint density at radius 1 is 0.638 bits per heavy atom. The molecule has 0 fully saturated rings. The van der Waals surface area contributed by atoms with Gasteiger partial charge in [0.2, 0.25) is 0 Å². The van der Waals surface area contributed by atoms with Gasteiger partial charge in [0, 0.05) is 18.6 Å². The van der Waals surface area contributed by atoms with Gasteiger partial charge in [0.1, 0.15) is 0 Å². The molecule has 6 aromatic rings. The second-order valence-corrected chi connectivity index (χ2v) is 11.0. The third-order valence-corrected chi connectivity index (χ3v) is 7.57. The molecule has 1 aliphatic rings. The minimum Gasteiger partial charge on any atom is -0.481 e. The van der Waals surface area contributed by atoms with Crippen LogP contribution in [0.15, 0.2) is 102 Å². The number of nitrogens with zero attached hydrogens (tertiary/aromatic N) is 5. The van der Waals surface area contributed by atoms with Gasteiger partial charge in [0.15, 0.2) is 0 Å². The number of aliphatic carboxylic acids is 1. The van der Waals surface area contributed by atoms with Gasteiger partial charge in [-0.3, -0.25) is 9.79 Å². The first-order valence-corrected chi connectivity index (χ1v) is 15.2. The van der Waals surface area contributed by atoms with Crippen LogP contribution in [0, 0.1) is 13.8 Å². The highest BCUT2D eigenvalue weighted by Crippen LogP contribution is 2.27. The quantitative estimate of drug-likeness (QED) is 0.159. The van der Waals surface area contributed by atoms with E-state index in [9.17, 15) is 4.79 Å². The van der Waals surface area contributed by atoms with Crippen LogP contribution >= 0.6 is 0 Å². The molecule has 4 aromatic carbocycles. The topological polar surface area (TPSA) is 153 Å². The first-order valence-electron chi connectivity index (χ1n) is 15.2. The van der Waals surface area contributed by atoms with Gasteiger partial charge in [0.05, 0.1) is 68.3 Å². The normalized spacial score (nSPS) is 11.3. The lowest BCUT2D eigenvalue weighted by Gasteiger charge is -2.06. The van der Waals surface area contributed by atoms with E-state index in [4.69, 9.17) is 26.6 Å². The highest BCUT2D eigenvalue weighted by molar-refractivity contribution is 5.94. The van der Waals surface area contributed by atoms with Gasteiger partial charge in [-0.2, -0.15) is 0 Å². The first kappa shape index (κ1) is 34.2. The standard InChI is InChI=1S/C19H17N3.C12H12N2O2.C6H8N2.CH4/c1-13-16(22-19-9-5-4-8-18(19)20-13)11-10-15-12-14-6-2-3-7-17(14)21-15;1-8-9(6-7-12(15)16)14-11-5-3-2-4-10(11)13-8;7-5-3-1-2-4-6(5)8;/h2-9H,10-12H2,1H3;2-5H,6-7H2,1H3,(H,15,16);1-4H,7-8H2;1H4. The molecule has 1 aliphatic heterocycles. The van der Waals surface area contributed by atoms with Crippen LogP contribution < -0.4 is 11.5 Å². The number of anilines is 2. The smallest absolute Gasteiger partial charge is 0.303 e. The van der Waals surface area contributed by atoms with Crippen molar-refractivity contribution in [2.75, 3.05) is 11.5 Å². The number of rotatable bonds is 6. The zero-order valence-electron chi connectivity index (χ0n) is 26.0. The molecule has 0 radical (unpaired) electrons. The number of nitrogens with two attached hydrogens (primary N) is 2. The van der Waals surface area contributed by atoms with E-state index in [1.54, 1.807) is 12.1 Å². The number of carboxylic acid groups (broad SMARTS) is 1. The van der Waals surface area contributed by atoms with Gasteiger partial charge in [-0.1, -0.05) is 62.0 Å². The monoisotopic (exact) mass is 627 g/mol. The molecular formula is C38H41N7O2. The van der Waals surface area contributed by atoms with Crippen LogP contribution in [-0.4, -0.2) is 36.7 Å². The maximum Gasteiger partial charge on any atom is 0.303 e. The fraction of sp³-hybridized carbons (Fsp3) is 0.211. The minimum absolute atomic E-state index is 0. The Hall–Kier alpha value is -5.70. The van der Waals surface area contributed by atoms with E-state index in [0.29, 0.717) is 17.8 Å². The Bertz CT molecular complexity index is 2000. The van der Waals surface area contributed by atoms with E-state index in [0.717, 1.165) is 69.8 Å². The number of hydrogen-bond donors (Lipinski definition) is 3. The zero-order chi connectivity index (χ0) is 32.5. The van der Waals surface area contributed by atoms with E-state index in [-0.39, 0.29) is 13.8 Å². The summed E-state index contributed by atoms with van der Waals surface area (Å²) in [5.41, 5.74) is 23.1. The molecule has 7 rings (SSSR count). The van der Waals surface area contributed by atoms with Crippen molar-refractivity contribution in [2.24, 2.45) is 4.99 Å². The van der Waals surface area contributed by atoms with Crippen LogP contribution in [-0.2, 0) is 24.1 Å². The maximum absolute atomic E-state index is 10.5. The van der Waals surface area contributed by atoms with Crippen molar-refractivity contribution in [3.8, 4) is 0 Å². The number of para-hydroxylation sites is 7. The van der Waals surface area contributed by atoms with E-state index < -0.39 is 5.97 Å². The summed E-state index contributed by atoms with van der Waals surface area (Å²) < 4.78 is 0. The molecule has 240 valence electrons. The SMILES string of the molecule is C.Cc1nc2ccccc2nc1CCC(=O)O.Cc1nc2ccccc2nc1CCC1=Nc2ccccc2C1.Nc1ccccc1N. The summed E-state index contributed by atoms with van der Waals surface area (Å²) >= 11 is 0. The Balaban J connectivity index is 0.000000175. The van der Waals surface area contributed by atoms with E-state index in [1.165, 1.54) is 11.3 Å². The molecule has 0 bridgehead atoms. The fourth-order valence-electron chi connectivity index (χ4n) is 5.07. The van der Waals surface area contributed by atoms with Crippen molar-refractivity contribution >= 4 is 50.8 Å². The molecule has 0 spiro atoms. The summed E-state index contributed by atoms with van der Waals surface area (Å²) in [5.74, 6) is -0.811. The van der Waals surface area contributed by atoms with E-state index in [1.807, 2.05) is 80.6 Å². The minimum atomic E-state index is -0.811. The third kappa shape index (κ3) is 9.17. The molecular weight excluding hydrogens is 586 g/mol. The van der Waals surface area contributed by atoms with Crippen LogP contribution in [0.2, 0.25) is 0 Å². The Morgan fingerprint density at radius 3 is 1.57 bits per heavy atom. The molecule has 5 N–H and O–H groups in total. The largest absolute Gasteiger partial charge is 0.481 e. The molecule has 0 aliphatic carbocycles. The summed E-state index contributed by atoms with van der Waals surface area (Å²) in [6.45, 7) is 3.90. The molecule has 0 amide bonds. The van der Waals surface area contributed by atoms with E-state index >= 15 is 0 Å². The van der Waals surface area contributed by atoms with Crippen molar-refractivity contribution in [1.82, 2.24) is 19.9 Å². The lowest BCUT2D eigenvalue weighted by atomic mass is 10.1. The summed E-state index contributed by atoms with van der Waals surface area (Å²) in [5, 5.41) is 8.63. The number of aryl methyl sites for hydroxylation is 4. The average molecular weight is 628 g/mol. The predicted molar refractivity (Wildman–Crippen MR) is 192 cm³/mol. The van der Waals surface area contributed by atoms with Gasteiger partial charge in [-0.25, -0.2) is 19.9 Å². The summed E-state index contributed by atoms with van der Waals surface area (Å²) in [6.07, 6.45) is 3.34. The number of carbonyl (C=O) groups is 1. The number of aromatic nitrogens is 4. The summed E-state index contributed by atoms with van der Waals surface area (Å²) in [4.78, 5) is 33.5. The molecule has 0 unspecified atom stereocenters. The Kier molecular flexibility index (Phi) is 11.7. The second kappa shape index (κ2) is 16.0. The molecule has 0 saturated heterocycles. The summed E-state index contributed by atoms with van der Waals surface area (Å²) in [7, 11) is 0. The van der Waals surface area contributed by atoms with E-state index in [2.05, 4.69) is 33.2 Å². The number of hydrogen-bond acceptors (Lipinski definition) is 8. The first-order chi connectivity index (χ1) is 22.3. The molecule has 2 aromatic heterocycles. The maximum atomic E-state index is 10.5. The van der Waals surface area contributed by atoms with Gasteiger partial charge < -0.3 is 16.6 Å². The predicted octanol–water partition coefficient (Wildman–Crippen LogP) is 7.64. The third-order valence-electron chi connectivity index (χ3n) is 7.57. The van der Waals surface area contributed by atoms with Crippen molar-refractivity contribution in [2.45, 2.75) is 53.4 Å². The average Bonchev–Trinajstić information content (AvgIpc) is 3.48. The second-order valence-electron chi connectivity index (χ2n) is 11.0. The lowest BCUT2D eigenvalue weighted by Crippen LogP contribution is -2.04. The van der Waals surface area contributed by atoms with Crippen LogP contribution in [0.4, 0.5) is 17.1 Å². The molecule has 47 heavy (non-hydrogen) atoms. The van der Waals surface area contributed by atoms with Gasteiger partial charge >= 0.3 is 5.97 Å². The highest BCUT2D eigenvalue weighted by Gasteiger charge is 2.15. The number of carboxylic acids is 1. The van der Waals surface area contributed by atoms with Crippen LogP contribution in [0.1, 0.15) is 48.6 Å². The van der Waals surface area contributed by atoms with Gasteiger partial charge in [-0.05, 0) is 74.7 Å². The Labute approximate surface area is 275 Å². The zero-order valence-corrected chi connectivity index (χ0v) is 26.0. The highest BCUT2D eigenvalue weighted by atomic mass is 16.4. The Morgan fingerprint density at radius 2 is 1.09 bits per heavy atom. The molecule has 9 nitrogen and oxygen atoms in total. The lowest BCUT2D eigenvalue weighted by molar-refractivity contribution is -0.136. The van der Waals surface area contributed by atoms with Gasteiger partial charge in [0.25, 0.3) is 0 Å². The van der Waals surface area contributed by atoms with Crippen LogP contribution in [0.5, 0.6) is 0 Å². The molecule has 0 atom stereocenters. The summed E-state index contributed by atoms with van der Waals surface area (Å²) in [6, 6.07) is 31.3. The van der Waals surface area contributed by atoms with Crippen LogP contribution in [0.25, 0.3) is 22.1 Å². The van der Waals surface area contributed by atoms with Crippen molar-refractivity contribution in [3.63, 3.8) is 0 Å². The van der Waals surface area contributed by atoms with Crippen molar-refractivity contribution in [1.29, 1.82) is 0 Å². The number of nitrogen functional groups attached to an aromatic ring is 2. The molecule has 0 saturated carbocycles. The number of fused-ring (bicyclic) bond motifs is 3. The van der Waals surface area contributed by atoms with Crippen molar-refractivity contribution < 1.29 is 9.90 Å². The van der Waals surface area contributed by atoms with Gasteiger partial charge in [-0.15, -0.1) is 0 Å². The van der Waals surface area contributed by atoms with Crippen LogP contribution in [0.3, 0.4) is 0 Å². The molecule has 3 heterocycles.